The highest BCUT2D eigenvalue weighted by Crippen LogP contribution is 2.22. The van der Waals surface area contributed by atoms with Crippen molar-refractivity contribution in [3.8, 4) is 0 Å². The first-order chi connectivity index (χ1) is 8.04. The molecular formula is C15H26N2. The molecule has 0 aliphatic heterocycles. The smallest absolute Gasteiger partial charge is 0.0399 e. The van der Waals surface area contributed by atoms with Gasteiger partial charge in [-0.05, 0) is 37.8 Å². The number of nitrogens with two attached hydrogens (primary N) is 1. The normalized spacial score (nSPS) is 12.8. The second kappa shape index (κ2) is 6.65. The summed E-state index contributed by atoms with van der Waals surface area (Å²) >= 11 is 0. The molecule has 1 atom stereocenters. The van der Waals surface area contributed by atoms with Crippen LogP contribution in [0.2, 0.25) is 0 Å². The standard InChI is InChI=1S/C15H26N2/c1-5-17(11-12(2)3)15-9-7-6-8-14(15)10-13(4)16/h6-9,12-13H,5,10-11,16H2,1-4H3. The highest BCUT2D eigenvalue weighted by Gasteiger charge is 2.11. The van der Waals surface area contributed by atoms with Gasteiger partial charge in [0.15, 0.2) is 0 Å². The number of anilines is 1. The molecule has 1 unspecified atom stereocenters. The summed E-state index contributed by atoms with van der Waals surface area (Å²) in [6.07, 6.45) is 0.949. The van der Waals surface area contributed by atoms with Crippen LogP contribution < -0.4 is 10.6 Å². The Bertz CT molecular complexity index is 331. The Kier molecular flexibility index (Phi) is 5.49. The highest BCUT2D eigenvalue weighted by molar-refractivity contribution is 5.54. The van der Waals surface area contributed by atoms with Crippen molar-refractivity contribution in [1.29, 1.82) is 0 Å². The van der Waals surface area contributed by atoms with Crippen molar-refractivity contribution < 1.29 is 0 Å². The lowest BCUT2D eigenvalue weighted by Crippen LogP contribution is -2.29. The lowest BCUT2D eigenvalue weighted by Gasteiger charge is -2.28. The summed E-state index contributed by atoms with van der Waals surface area (Å²) in [5.41, 5.74) is 8.63. The van der Waals surface area contributed by atoms with Crippen molar-refractivity contribution in [3.63, 3.8) is 0 Å². The number of hydrogen-bond acceptors (Lipinski definition) is 2. The minimum atomic E-state index is 0.217. The van der Waals surface area contributed by atoms with Gasteiger partial charge in [-0.25, -0.2) is 0 Å². The summed E-state index contributed by atoms with van der Waals surface area (Å²) < 4.78 is 0. The van der Waals surface area contributed by atoms with Gasteiger partial charge < -0.3 is 10.6 Å². The van der Waals surface area contributed by atoms with E-state index in [4.69, 9.17) is 5.73 Å². The molecule has 1 aromatic carbocycles. The van der Waals surface area contributed by atoms with Crippen LogP contribution in [-0.4, -0.2) is 19.1 Å². The van der Waals surface area contributed by atoms with Gasteiger partial charge in [0.2, 0.25) is 0 Å². The Hall–Kier alpha value is -1.02. The monoisotopic (exact) mass is 234 g/mol. The van der Waals surface area contributed by atoms with E-state index in [1.54, 1.807) is 0 Å². The van der Waals surface area contributed by atoms with E-state index in [1.165, 1.54) is 11.3 Å². The van der Waals surface area contributed by atoms with E-state index < -0.39 is 0 Å². The first-order valence-corrected chi connectivity index (χ1v) is 6.63. The summed E-state index contributed by atoms with van der Waals surface area (Å²) in [5, 5.41) is 0. The Morgan fingerprint density at radius 2 is 1.82 bits per heavy atom. The second-order valence-corrected chi connectivity index (χ2v) is 5.24. The average Bonchev–Trinajstić information content (AvgIpc) is 2.26. The van der Waals surface area contributed by atoms with Crippen molar-refractivity contribution >= 4 is 5.69 Å². The van der Waals surface area contributed by atoms with Gasteiger partial charge in [-0.1, -0.05) is 32.0 Å². The van der Waals surface area contributed by atoms with E-state index >= 15 is 0 Å². The van der Waals surface area contributed by atoms with Crippen LogP contribution in [0, 0.1) is 5.92 Å². The van der Waals surface area contributed by atoms with Gasteiger partial charge in [-0.2, -0.15) is 0 Å². The maximum Gasteiger partial charge on any atom is 0.0399 e. The Balaban J connectivity index is 2.93. The van der Waals surface area contributed by atoms with Crippen LogP contribution >= 0.6 is 0 Å². The van der Waals surface area contributed by atoms with E-state index in [9.17, 15) is 0 Å². The molecule has 2 N–H and O–H groups in total. The summed E-state index contributed by atoms with van der Waals surface area (Å²) in [7, 11) is 0. The predicted octanol–water partition coefficient (Wildman–Crippen LogP) is 3.06. The van der Waals surface area contributed by atoms with Crippen molar-refractivity contribution in [3.05, 3.63) is 29.8 Å². The Morgan fingerprint density at radius 3 is 2.35 bits per heavy atom. The van der Waals surface area contributed by atoms with Crippen LogP contribution in [0.1, 0.15) is 33.3 Å². The quantitative estimate of drug-likeness (QED) is 0.819. The Labute approximate surface area is 106 Å². The molecule has 0 spiro atoms. The summed E-state index contributed by atoms with van der Waals surface area (Å²) in [6, 6.07) is 8.84. The molecule has 2 nitrogen and oxygen atoms in total. The molecule has 0 aromatic heterocycles. The van der Waals surface area contributed by atoms with Crippen molar-refractivity contribution in [1.82, 2.24) is 0 Å². The molecular weight excluding hydrogens is 208 g/mol. The SMILES string of the molecule is CCN(CC(C)C)c1ccccc1CC(C)N. The number of rotatable bonds is 6. The van der Waals surface area contributed by atoms with Crippen LogP contribution in [0.4, 0.5) is 5.69 Å². The second-order valence-electron chi connectivity index (χ2n) is 5.24. The minimum Gasteiger partial charge on any atom is -0.371 e. The zero-order valence-corrected chi connectivity index (χ0v) is 11.6. The van der Waals surface area contributed by atoms with Crippen LogP contribution in [-0.2, 0) is 6.42 Å². The lowest BCUT2D eigenvalue weighted by atomic mass is 10.0. The molecule has 17 heavy (non-hydrogen) atoms. The third-order valence-corrected chi connectivity index (χ3v) is 2.84. The molecule has 1 aromatic rings. The van der Waals surface area contributed by atoms with Gasteiger partial charge in [0.25, 0.3) is 0 Å². The minimum absolute atomic E-state index is 0.217. The first-order valence-electron chi connectivity index (χ1n) is 6.63. The topological polar surface area (TPSA) is 29.3 Å². The fourth-order valence-electron chi connectivity index (χ4n) is 2.18. The van der Waals surface area contributed by atoms with Crippen molar-refractivity contribution in [2.45, 2.75) is 40.2 Å². The predicted molar refractivity (Wildman–Crippen MR) is 76.5 cm³/mol. The third-order valence-electron chi connectivity index (χ3n) is 2.84. The molecule has 0 saturated carbocycles. The van der Waals surface area contributed by atoms with E-state index in [0.717, 1.165) is 19.5 Å². The molecule has 0 heterocycles. The molecule has 0 saturated heterocycles. The molecule has 1 rings (SSSR count). The third kappa shape index (κ3) is 4.39. The zero-order chi connectivity index (χ0) is 12.8. The number of hydrogen-bond donors (Lipinski definition) is 1. The van der Waals surface area contributed by atoms with Crippen LogP contribution in [0.25, 0.3) is 0 Å². The highest BCUT2D eigenvalue weighted by atomic mass is 15.1. The molecule has 0 radical (unpaired) electrons. The van der Waals surface area contributed by atoms with Gasteiger partial charge in [0.1, 0.15) is 0 Å². The maximum absolute atomic E-state index is 5.92. The van der Waals surface area contributed by atoms with Gasteiger partial charge in [-0.15, -0.1) is 0 Å². The van der Waals surface area contributed by atoms with Gasteiger partial charge in [-0.3, -0.25) is 0 Å². The fourth-order valence-corrected chi connectivity index (χ4v) is 2.18. The lowest BCUT2D eigenvalue weighted by molar-refractivity contribution is 0.615. The Morgan fingerprint density at radius 1 is 1.18 bits per heavy atom. The molecule has 96 valence electrons. The van der Waals surface area contributed by atoms with E-state index in [2.05, 4.69) is 56.9 Å². The molecule has 0 bridgehead atoms. The molecule has 0 aliphatic carbocycles. The van der Waals surface area contributed by atoms with Crippen LogP contribution in [0.5, 0.6) is 0 Å². The number of para-hydroxylation sites is 1. The van der Waals surface area contributed by atoms with Crippen LogP contribution in [0.15, 0.2) is 24.3 Å². The van der Waals surface area contributed by atoms with Crippen molar-refractivity contribution in [2.75, 3.05) is 18.0 Å². The van der Waals surface area contributed by atoms with E-state index in [0.29, 0.717) is 5.92 Å². The molecule has 0 fully saturated rings. The zero-order valence-electron chi connectivity index (χ0n) is 11.6. The van der Waals surface area contributed by atoms with E-state index in [1.807, 2.05) is 0 Å². The summed E-state index contributed by atoms with van der Waals surface area (Å²) in [6.45, 7) is 11.0. The van der Waals surface area contributed by atoms with Gasteiger partial charge >= 0.3 is 0 Å². The average molecular weight is 234 g/mol. The maximum atomic E-state index is 5.92. The first kappa shape index (κ1) is 14.0. The summed E-state index contributed by atoms with van der Waals surface area (Å²) in [5.74, 6) is 0.679. The number of nitrogens with zero attached hydrogens (tertiary/aromatic N) is 1. The van der Waals surface area contributed by atoms with Crippen LogP contribution in [0.3, 0.4) is 0 Å². The largest absolute Gasteiger partial charge is 0.371 e. The molecule has 0 aliphatic rings. The molecule has 0 amide bonds. The fraction of sp³-hybridized carbons (Fsp3) is 0.600. The summed E-state index contributed by atoms with van der Waals surface area (Å²) in [4.78, 5) is 2.45. The van der Waals surface area contributed by atoms with Gasteiger partial charge in [0.05, 0.1) is 0 Å². The number of benzene rings is 1. The van der Waals surface area contributed by atoms with Gasteiger partial charge in [0, 0.05) is 24.8 Å². The molecule has 2 heteroatoms. The van der Waals surface area contributed by atoms with Crippen molar-refractivity contribution in [2.24, 2.45) is 11.7 Å². The van der Waals surface area contributed by atoms with E-state index in [-0.39, 0.29) is 6.04 Å².